The second-order valence-electron chi connectivity index (χ2n) is 3.83. The molecule has 1 N–H and O–H groups in total. The highest BCUT2D eigenvalue weighted by molar-refractivity contribution is 7.09. The fraction of sp³-hybridized carbons (Fsp3) is 0.0833. The molecule has 1 aliphatic rings. The Morgan fingerprint density at radius 2 is 1.94 bits per heavy atom. The third kappa shape index (κ3) is 1.20. The van der Waals surface area contributed by atoms with Crippen LogP contribution in [0, 0.1) is 6.92 Å². The largest absolute Gasteiger partial charge is 0.507 e. The number of rotatable bonds is 0. The van der Waals surface area contributed by atoms with Gasteiger partial charge in [-0.15, -0.1) is 0 Å². The number of aromatic nitrogens is 1. The lowest BCUT2D eigenvalue weighted by molar-refractivity contribution is 0.0979. The Kier molecular flexibility index (Phi) is 1.94. The van der Waals surface area contributed by atoms with Gasteiger partial charge in [0.1, 0.15) is 10.6 Å². The second-order valence-corrected chi connectivity index (χ2v) is 4.60. The summed E-state index contributed by atoms with van der Waals surface area (Å²) in [4.78, 5) is 24.7. The van der Waals surface area contributed by atoms with Crippen molar-refractivity contribution in [2.45, 2.75) is 6.92 Å². The number of nitrogens with zero attached hydrogens (tertiary/aromatic N) is 1. The van der Waals surface area contributed by atoms with Crippen LogP contribution in [0.15, 0.2) is 18.2 Å². The molecule has 84 valence electrons. The lowest BCUT2D eigenvalue weighted by Gasteiger charge is -2.14. The predicted molar refractivity (Wildman–Crippen MR) is 61.8 cm³/mol. The number of hydrogen-bond acceptors (Lipinski definition) is 5. The van der Waals surface area contributed by atoms with Gasteiger partial charge in [0.25, 0.3) is 0 Å². The van der Waals surface area contributed by atoms with Crippen LogP contribution in [0.2, 0.25) is 0 Å². The van der Waals surface area contributed by atoms with Crippen molar-refractivity contribution < 1.29 is 14.7 Å². The van der Waals surface area contributed by atoms with Gasteiger partial charge in [0.05, 0.1) is 16.8 Å². The van der Waals surface area contributed by atoms with E-state index >= 15 is 0 Å². The van der Waals surface area contributed by atoms with Gasteiger partial charge >= 0.3 is 0 Å². The molecule has 1 aromatic carbocycles. The zero-order valence-electron chi connectivity index (χ0n) is 8.85. The van der Waals surface area contributed by atoms with E-state index in [0.29, 0.717) is 16.1 Å². The van der Waals surface area contributed by atoms with Crippen LogP contribution in [-0.2, 0) is 0 Å². The van der Waals surface area contributed by atoms with Gasteiger partial charge in [0.2, 0.25) is 11.6 Å². The first kappa shape index (κ1) is 10.2. The second kappa shape index (κ2) is 3.24. The molecule has 1 heterocycles. The molecule has 0 aliphatic heterocycles. The van der Waals surface area contributed by atoms with E-state index in [2.05, 4.69) is 4.37 Å². The minimum atomic E-state index is -0.320. The topological polar surface area (TPSA) is 67.3 Å². The summed E-state index contributed by atoms with van der Waals surface area (Å²) in [5.74, 6) is -0.716. The Morgan fingerprint density at radius 3 is 2.71 bits per heavy atom. The molecule has 17 heavy (non-hydrogen) atoms. The van der Waals surface area contributed by atoms with E-state index < -0.39 is 0 Å². The summed E-state index contributed by atoms with van der Waals surface area (Å²) in [7, 11) is 0. The van der Waals surface area contributed by atoms with E-state index in [1.54, 1.807) is 19.1 Å². The molecule has 1 aromatic heterocycles. The van der Waals surface area contributed by atoms with Gasteiger partial charge in [-0.2, -0.15) is 4.37 Å². The molecule has 0 saturated heterocycles. The molecule has 0 saturated carbocycles. The van der Waals surface area contributed by atoms with E-state index in [1.165, 1.54) is 6.07 Å². The van der Waals surface area contributed by atoms with Crippen LogP contribution in [-0.4, -0.2) is 21.0 Å². The zero-order valence-corrected chi connectivity index (χ0v) is 9.67. The molecule has 0 atom stereocenters. The highest BCUT2D eigenvalue weighted by Crippen LogP contribution is 2.35. The smallest absolute Gasteiger partial charge is 0.206 e. The summed E-state index contributed by atoms with van der Waals surface area (Å²) < 4.78 is 4.03. The molecular weight excluding hydrogens is 238 g/mol. The summed E-state index contributed by atoms with van der Waals surface area (Å²) in [5, 5.41) is 9.71. The first-order chi connectivity index (χ1) is 8.11. The van der Waals surface area contributed by atoms with Crippen LogP contribution in [0.1, 0.15) is 36.9 Å². The first-order valence-corrected chi connectivity index (χ1v) is 5.76. The van der Waals surface area contributed by atoms with Gasteiger partial charge in [-0.1, -0.05) is 6.07 Å². The van der Waals surface area contributed by atoms with E-state index in [9.17, 15) is 14.7 Å². The molecule has 0 bridgehead atoms. The van der Waals surface area contributed by atoms with E-state index in [0.717, 1.165) is 11.5 Å². The minimum Gasteiger partial charge on any atom is -0.507 e. The van der Waals surface area contributed by atoms with Crippen LogP contribution < -0.4 is 0 Å². The lowest BCUT2D eigenvalue weighted by atomic mass is 9.87. The van der Waals surface area contributed by atoms with E-state index in [1.807, 2.05) is 0 Å². The van der Waals surface area contributed by atoms with Gasteiger partial charge < -0.3 is 5.11 Å². The molecule has 0 amide bonds. The molecule has 4 nitrogen and oxygen atoms in total. The van der Waals surface area contributed by atoms with Crippen LogP contribution in [0.3, 0.4) is 0 Å². The number of phenolic OH excluding ortho intramolecular Hbond substituents is 1. The Morgan fingerprint density at radius 1 is 1.18 bits per heavy atom. The van der Waals surface area contributed by atoms with Crippen molar-refractivity contribution in [3.63, 3.8) is 0 Å². The molecular formula is C12H7NO3S. The maximum atomic E-state index is 12.2. The Bertz CT molecular complexity index is 672. The van der Waals surface area contributed by atoms with Crippen LogP contribution in [0.5, 0.6) is 5.75 Å². The molecule has 2 aromatic rings. The van der Waals surface area contributed by atoms with Crippen LogP contribution in [0.25, 0.3) is 0 Å². The number of benzene rings is 1. The molecule has 0 radical (unpaired) electrons. The Hall–Kier alpha value is -2.01. The average Bonchev–Trinajstić information content (AvgIpc) is 2.68. The lowest BCUT2D eigenvalue weighted by Crippen LogP contribution is -2.19. The van der Waals surface area contributed by atoms with Crippen molar-refractivity contribution in [2.24, 2.45) is 0 Å². The normalized spacial score (nSPS) is 13.5. The van der Waals surface area contributed by atoms with Crippen molar-refractivity contribution >= 4 is 23.1 Å². The SMILES string of the molecule is Cc1nsc2c1C(=O)c1c(O)cccc1C2=O. The predicted octanol–water partition coefficient (Wildman–Crippen LogP) is 1.93. The number of ketones is 2. The van der Waals surface area contributed by atoms with Crippen molar-refractivity contribution in [3.05, 3.63) is 45.5 Å². The summed E-state index contributed by atoms with van der Waals surface area (Å²) in [5.41, 5.74) is 1.21. The molecule has 0 fully saturated rings. The van der Waals surface area contributed by atoms with E-state index in [4.69, 9.17) is 0 Å². The number of aryl methyl sites for hydroxylation is 1. The molecule has 5 heteroatoms. The van der Waals surface area contributed by atoms with Gasteiger partial charge in [-0.05, 0) is 30.6 Å². The number of carbonyl (C=O) groups excluding carboxylic acids is 2. The van der Waals surface area contributed by atoms with E-state index in [-0.39, 0.29) is 28.4 Å². The maximum absolute atomic E-state index is 12.2. The van der Waals surface area contributed by atoms with Gasteiger partial charge in [0, 0.05) is 5.56 Å². The zero-order chi connectivity index (χ0) is 12.2. The fourth-order valence-corrected chi connectivity index (χ4v) is 2.85. The van der Waals surface area contributed by atoms with Crippen LogP contribution in [0.4, 0.5) is 0 Å². The molecule has 3 rings (SSSR count). The van der Waals surface area contributed by atoms with Crippen molar-refractivity contribution in [2.75, 3.05) is 0 Å². The first-order valence-electron chi connectivity index (χ1n) is 4.99. The fourth-order valence-electron chi connectivity index (χ4n) is 2.01. The molecule has 1 aliphatic carbocycles. The molecule has 0 unspecified atom stereocenters. The average molecular weight is 245 g/mol. The van der Waals surface area contributed by atoms with Gasteiger partial charge in [-0.25, -0.2) is 0 Å². The third-order valence-electron chi connectivity index (χ3n) is 2.81. The Labute approximate surface area is 101 Å². The summed E-state index contributed by atoms with van der Waals surface area (Å²) in [6.07, 6.45) is 0. The van der Waals surface area contributed by atoms with Crippen LogP contribution >= 0.6 is 11.5 Å². The highest BCUT2D eigenvalue weighted by Gasteiger charge is 2.35. The standard InChI is InChI=1S/C12H7NO3S/c1-5-8-11(16)9-6(3-2-4-7(9)14)10(15)12(8)17-13-5/h2-4,14H,1H3. The number of carbonyl (C=O) groups is 2. The maximum Gasteiger partial charge on any atom is 0.206 e. The number of hydrogen-bond donors (Lipinski definition) is 1. The Balaban J connectivity index is 2.39. The quantitative estimate of drug-likeness (QED) is 0.657. The monoisotopic (exact) mass is 245 g/mol. The van der Waals surface area contributed by atoms with Crippen molar-refractivity contribution in [1.29, 1.82) is 0 Å². The number of aromatic hydroxyl groups is 1. The highest BCUT2D eigenvalue weighted by atomic mass is 32.1. The summed E-state index contributed by atoms with van der Waals surface area (Å²) in [6.45, 7) is 1.69. The minimum absolute atomic E-state index is 0.0910. The number of fused-ring (bicyclic) bond motifs is 2. The summed E-state index contributed by atoms with van der Waals surface area (Å²) in [6, 6.07) is 4.51. The van der Waals surface area contributed by atoms with Gasteiger partial charge in [0.15, 0.2) is 0 Å². The molecule has 0 spiro atoms. The summed E-state index contributed by atoms with van der Waals surface area (Å²) >= 11 is 1.03. The van der Waals surface area contributed by atoms with Crippen molar-refractivity contribution in [1.82, 2.24) is 4.37 Å². The van der Waals surface area contributed by atoms with Gasteiger partial charge in [-0.3, -0.25) is 9.59 Å². The number of phenols is 1. The van der Waals surface area contributed by atoms with Crippen molar-refractivity contribution in [3.8, 4) is 5.75 Å². The third-order valence-corrected chi connectivity index (χ3v) is 3.75.